The zero-order chi connectivity index (χ0) is 9.97. The molecule has 1 aliphatic rings. The quantitative estimate of drug-likeness (QED) is 0.671. The molecule has 1 atom stereocenters. The SMILES string of the molecule is O=Cc1ccccc1C(F)C1CCC1. The highest BCUT2D eigenvalue weighted by Gasteiger charge is 2.29. The Bertz CT molecular complexity index is 331. The number of rotatable bonds is 3. The molecule has 2 heteroatoms. The molecular weight excluding hydrogens is 179 g/mol. The van der Waals surface area contributed by atoms with E-state index in [1.54, 1.807) is 24.3 Å². The molecule has 0 spiro atoms. The number of alkyl halides is 1. The second-order valence-electron chi connectivity index (χ2n) is 3.84. The Morgan fingerprint density at radius 2 is 2.07 bits per heavy atom. The van der Waals surface area contributed by atoms with Crippen molar-refractivity contribution in [2.24, 2.45) is 5.92 Å². The van der Waals surface area contributed by atoms with Crippen molar-refractivity contribution in [3.8, 4) is 0 Å². The molecular formula is C12H13FO. The van der Waals surface area contributed by atoms with E-state index in [2.05, 4.69) is 0 Å². The molecule has 2 rings (SSSR count). The minimum absolute atomic E-state index is 0.135. The number of aldehydes is 1. The molecule has 1 unspecified atom stereocenters. The van der Waals surface area contributed by atoms with Crippen LogP contribution in [0.5, 0.6) is 0 Å². The molecule has 74 valence electrons. The molecule has 1 aromatic rings. The van der Waals surface area contributed by atoms with E-state index >= 15 is 0 Å². The van der Waals surface area contributed by atoms with Crippen LogP contribution in [0.1, 0.15) is 41.4 Å². The molecule has 1 saturated carbocycles. The van der Waals surface area contributed by atoms with Crippen LogP contribution in [0.3, 0.4) is 0 Å². The second-order valence-corrected chi connectivity index (χ2v) is 3.84. The number of hydrogen-bond acceptors (Lipinski definition) is 1. The number of hydrogen-bond donors (Lipinski definition) is 0. The van der Waals surface area contributed by atoms with Gasteiger partial charge in [-0.3, -0.25) is 4.79 Å². The van der Waals surface area contributed by atoms with E-state index in [-0.39, 0.29) is 5.92 Å². The maximum Gasteiger partial charge on any atom is 0.150 e. The Morgan fingerprint density at radius 1 is 1.36 bits per heavy atom. The van der Waals surface area contributed by atoms with Gasteiger partial charge in [0.1, 0.15) is 12.5 Å². The van der Waals surface area contributed by atoms with E-state index in [0.717, 1.165) is 25.5 Å². The van der Waals surface area contributed by atoms with Crippen LogP contribution in [-0.4, -0.2) is 6.29 Å². The third-order valence-corrected chi connectivity index (χ3v) is 2.98. The third kappa shape index (κ3) is 1.57. The summed E-state index contributed by atoms with van der Waals surface area (Å²) >= 11 is 0. The zero-order valence-electron chi connectivity index (χ0n) is 7.95. The summed E-state index contributed by atoms with van der Waals surface area (Å²) in [6.45, 7) is 0. The molecule has 1 aliphatic carbocycles. The fourth-order valence-electron chi connectivity index (χ4n) is 1.86. The van der Waals surface area contributed by atoms with E-state index < -0.39 is 6.17 Å². The first-order valence-corrected chi connectivity index (χ1v) is 5.01. The van der Waals surface area contributed by atoms with Gasteiger partial charge in [0.2, 0.25) is 0 Å². The van der Waals surface area contributed by atoms with Crippen molar-refractivity contribution >= 4 is 6.29 Å². The maximum atomic E-state index is 13.9. The highest BCUT2D eigenvalue weighted by molar-refractivity contribution is 5.77. The summed E-state index contributed by atoms with van der Waals surface area (Å²) < 4.78 is 13.9. The van der Waals surface area contributed by atoms with Crippen LogP contribution >= 0.6 is 0 Å². The van der Waals surface area contributed by atoms with Gasteiger partial charge in [-0.1, -0.05) is 30.7 Å². The summed E-state index contributed by atoms with van der Waals surface area (Å²) in [6.07, 6.45) is 2.81. The van der Waals surface area contributed by atoms with Crippen molar-refractivity contribution in [1.82, 2.24) is 0 Å². The highest BCUT2D eigenvalue weighted by atomic mass is 19.1. The van der Waals surface area contributed by atoms with Crippen LogP contribution in [0.25, 0.3) is 0 Å². The summed E-state index contributed by atoms with van der Waals surface area (Å²) in [5, 5.41) is 0. The van der Waals surface area contributed by atoms with Gasteiger partial charge < -0.3 is 0 Å². The van der Waals surface area contributed by atoms with Gasteiger partial charge >= 0.3 is 0 Å². The summed E-state index contributed by atoms with van der Waals surface area (Å²) in [4.78, 5) is 10.7. The monoisotopic (exact) mass is 192 g/mol. The molecule has 0 amide bonds. The van der Waals surface area contributed by atoms with Crippen LogP contribution in [-0.2, 0) is 0 Å². The molecule has 14 heavy (non-hydrogen) atoms. The molecule has 0 aromatic heterocycles. The van der Waals surface area contributed by atoms with Crippen molar-refractivity contribution in [1.29, 1.82) is 0 Å². The lowest BCUT2D eigenvalue weighted by atomic mass is 9.79. The van der Waals surface area contributed by atoms with Crippen LogP contribution in [0.2, 0.25) is 0 Å². The molecule has 0 radical (unpaired) electrons. The second kappa shape index (κ2) is 3.91. The van der Waals surface area contributed by atoms with Crippen molar-refractivity contribution in [2.45, 2.75) is 25.4 Å². The lowest BCUT2D eigenvalue weighted by molar-refractivity contribution is 0.111. The van der Waals surface area contributed by atoms with Gasteiger partial charge in [-0.25, -0.2) is 4.39 Å². The molecule has 1 nitrogen and oxygen atoms in total. The van der Waals surface area contributed by atoms with Gasteiger partial charge in [-0.2, -0.15) is 0 Å². The molecule has 0 heterocycles. The Kier molecular flexibility index (Phi) is 2.62. The topological polar surface area (TPSA) is 17.1 Å². The zero-order valence-corrected chi connectivity index (χ0v) is 7.95. The third-order valence-electron chi connectivity index (χ3n) is 2.98. The lowest BCUT2D eigenvalue weighted by Crippen LogP contribution is -2.18. The number of benzene rings is 1. The van der Waals surface area contributed by atoms with Gasteiger partial charge in [0.25, 0.3) is 0 Å². The van der Waals surface area contributed by atoms with Crippen molar-refractivity contribution in [3.63, 3.8) is 0 Å². The van der Waals surface area contributed by atoms with Crippen molar-refractivity contribution < 1.29 is 9.18 Å². The van der Waals surface area contributed by atoms with E-state index in [0.29, 0.717) is 11.1 Å². The maximum absolute atomic E-state index is 13.9. The summed E-state index contributed by atoms with van der Waals surface area (Å²) in [7, 11) is 0. The summed E-state index contributed by atoms with van der Waals surface area (Å²) in [5.74, 6) is 0.135. The van der Waals surface area contributed by atoms with Crippen LogP contribution in [0, 0.1) is 5.92 Å². The highest BCUT2D eigenvalue weighted by Crippen LogP contribution is 2.40. The van der Waals surface area contributed by atoms with Crippen LogP contribution in [0.15, 0.2) is 24.3 Å². The van der Waals surface area contributed by atoms with Crippen molar-refractivity contribution in [3.05, 3.63) is 35.4 Å². The van der Waals surface area contributed by atoms with Gasteiger partial charge in [0.05, 0.1) is 0 Å². The Hall–Kier alpha value is -1.18. The first kappa shape index (κ1) is 9.38. The number of halogens is 1. The van der Waals surface area contributed by atoms with Crippen LogP contribution in [0.4, 0.5) is 4.39 Å². The van der Waals surface area contributed by atoms with E-state index in [4.69, 9.17) is 0 Å². The fraction of sp³-hybridized carbons (Fsp3) is 0.417. The Morgan fingerprint density at radius 3 is 2.64 bits per heavy atom. The minimum atomic E-state index is -0.954. The van der Waals surface area contributed by atoms with Gasteiger partial charge in [0.15, 0.2) is 0 Å². The first-order chi connectivity index (χ1) is 6.83. The van der Waals surface area contributed by atoms with Crippen LogP contribution < -0.4 is 0 Å². The van der Waals surface area contributed by atoms with Gasteiger partial charge in [-0.05, 0) is 24.3 Å². The number of carbonyl (C=O) groups is 1. The summed E-state index contributed by atoms with van der Waals surface area (Å²) in [6, 6.07) is 6.94. The largest absolute Gasteiger partial charge is 0.298 e. The minimum Gasteiger partial charge on any atom is -0.298 e. The molecule has 1 fully saturated rings. The standard InChI is InChI=1S/C12H13FO/c13-12(9-5-3-6-9)11-7-2-1-4-10(11)8-14/h1-2,4,7-9,12H,3,5-6H2. The van der Waals surface area contributed by atoms with Gasteiger partial charge in [0, 0.05) is 5.56 Å². The van der Waals surface area contributed by atoms with Crippen molar-refractivity contribution in [2.75, 3.05) is 0 Å². The molecule has 0 aliphatic heterocycles. The van der Waals surface area contributed by atoms with E-state index in [9.17, 15) is 9.18 Å². The predicted molar refractivity (Wildman–Crippen MR) is 53.0 cm³/mol. The molecule has 0 saturated heterocycles. The Labute approximate surface area is 82.9 Å². The molecule has 1 aromatic carbocycles. The average Bonchev–Trinajstić information content (AvgIpc) is 2.15. The number of carbonyl (C=O) groups excluding carboxylic acids is 1. The normalized spacial score (nSPS) is 18.6. The molecule has 0 bridgehead atoms. The Balaban J connectivity index is 2.24. The average molecular weight is 192 g/mol. The van der Waals surface area contributed by atoms with Gasteiger partial charge in [-0.15, -0.1) is 0 Å². The molecule has 0 N–H and O–H groups in total. The lowest BCUT2D eigenvalue weighted by Gasteiger charge is -2.29. The van der Waals surface area contributed by atoms with E-state index in [1.165, 1.54) is 0 Å². The van der Waals surface area contributed by atoms with E-state index in [1.807, 2.05) is 0 Å². The fourth-order valence-corrected chi connectivity index (χ4v) is 1.86. The first-order valence-electron chi connectivity index (χ1n) is 5.01. The smallest absolute Gasteiger partial charge is 0.150 e. The summed E-state index contributed by atoms with van der Waals surface area (Å²) in [5.41, 5.74) is 1.05. The predicted octanol–water partition coefficient (Wildman–Crippen LogP) is 3.31.